The number of carbonyl (C=O) groups excluding carboxylic acids is 1. The monoisotopic (exact) mass is 180 g/mol. The number of hydrogen-bond donors (Lipinski definition) is 1. The molecular weight excluding hydrogens is 168 g/mol. The number of aliphatic hydroxyl groups excluding tert-OH is 1. The maximum absolute atomic E-state index is 11.1. The molecule has 0 aromatic rings. The van der Waals surface area contributed by atoms with Crippen molar-refractivity contribution in [2.75, 3.05) is 28.1 Å². The van der Waals surface area contributed by atoms with Crippen LogP contribution in [0.1, 0.15) is 0 Å². The Kier molecular flexibility index (Phi) is 5.30. The molecular formula is C5H12N2O5. The van der Waals surface area contributed by atoms with E-state index in [0.29, 0.717) is 10.3 Å². The van der Waals surface area contributed by atoms with Crippen molar-refractivity contribution < 1.29 is 24.4 Å². The van der Waals surface area contributed by atoms with Crippen molar-refractivity contribution in [1.82, 2.24) is 10.3 Å². The van der Waals surface area contributed by atoms with Crippen molar-refractivity contribution in [3.8, 4) is 0 Å². The minimum Gasteiger partial charge on any atom is -0.374 e. The largest absolute Gasteiger partial charge is 0.395 e. The number of nitrogens with zero attached hydrogens (tertiary/aromatic N) is 2. The summed E-state index contributed by atoms with van der Waals surface area (Å²) in [5, 5.41) is 9.78. The Morgan fingerprint density at radius 2 is 1.75 bits per heavy atom. The van der Waals surface area contributed by atoms with Crippen LogP contribution in [0.5, 0.6) is 0 Å². The van der Waals surface area contributed by atoms with Crippen LogP contribution in [0, 0.1) is 0 Å². The topological polar surface area (TPSA) is 71.5 Å². The summed E-state index contributed by atoms with van der Waals surface area (Å²) in [6.07, 6.45) is 0. The van der Waals surface area contributed by atoms with E-state index in [0.717, 1.165) is 0 Å². The van der Waals surface area contributed by atoms with E-state index in [1.165, 1.54) is 21.3 Å². The van der Waals surface area contributed by atoms with Crippen LogP contribution in [-0.2, 0) is 14.5 Å². The molecule has 0 unspecified atom stereocenters. The second-order valence-corrected chi connectivity index (χ2v) is 1.61. The molecule has 0 saturated heterocycles. The van der Waals surface area contributed by atoms with E-state index in [4.69, 9.17) is 5.11 Å². The lowest BCUT2D eigenvalue weighted by atomic mass is 10.9. The first-order valence-corrected chi connectivity index (χ1v) is 3.06. The molecule has 0 bridgehead atoms. The van der Waals surface area contributed by atoms with Crippen molar-refractivity contribution in [3.63, 3.8) is 0 Å². The van der Waals surface area contributed by atoms with Gasteiger partial charge in [-0.05, 0) is 0 Å². The third-order valence-corrected chi connectivity index (χ3v) is 1.05. The van der Waals surface area contributed by atoms with Gasteiger partial charge in [0.05, 0.1) is 21.3 Å². The highest BCUT2D eigenvalue weighted by molar-refractivity contribution is 5.70. The Bertz CT molecular complexity index is 120. The number of hydrogen-bond acceptors (Lipinski definition) is 5. The lowest BCUT2D eigenvalue weighted by Crippen LogP contribution is -2.41. The highest BCUT2D eigenvalue weighted by Crippen LogP contribution is 1.98. The normalized spacial score (nSPS) is 9.67. The van der Waals surface area contributed by atoms with Crippen molar-refractivity contribution in [1.29, 1.82) is 0 Å². The van der Waals surface area contributed by atoms with Crippen LogP contribution >= 0.6 is 0 Å². The highest BCUT2D eigenvalue weighted by atomic mass is 17.0. The summed E-state index contributed by atoms with van der Waals surface area (Å²) in [5.41, 5.74) is 0. The van der Waals surface area contributed by atoms with Gasteiger partial charge in [0.15, 0.2) is 0 Å². The zero-order valence-corrected chi connectivity index (χ0v) is 7.18. The second-order valence-electron chi connectivity index (χ2n) is 1.61. The van der Waals surface area contributed by atoms with Gasteiger partial charge in [-0.3, -0.25) is 4.84 Å². The average molecular weight is 180 g/mol. The Labute approximate surface area is 69.9 Å². The SMILES string of the molecule is CON(CO)C(=O)N(OC)OC. The van der Waals surface area contributed by atoms with Gasteiger partial charge in [0, 0.05) is 0 Å². The Morgan fingerprint density at radius 3 is 2.00 bits per heavy atom. The standard InChI is InChI=1S/C5H12N2O5/c1-10-6(4-8)5(9)7(11-2)12-3/h8H,4H2,1-3H3. The van der Waals surface area contributed by atoms with Crippen LogP contribution < -0.4 is 0 Å². The Balaban J connectivity index is 4.12. The first-order chi connectivity index (χ1) is 5.71. The van der Waals surface area contributed by atoms with Crippen molar-refractivity contribution in [2.24, 2.45) is 0 Å². The zero-order valence-electron chi connectivity index (χ0n) is 7.18. The summed E-state index contributed by atoms with van der Waals surface area (Å²) < 4.78 is 0. The van der Waals surface area contributed by atoms with E-state index in [1.54, 1.807) is 0 Å². The summed E-state index contributed by atoms with van der Waals surface area (Å²) in [5.74, 6) is 0. The van der Waals surface area contributed by atoms with Gasteiger partial charge in [-0.1, -0.05) is 5.23 Å². The summed E-state index contributed by atoms with van der Waals surface area (Å²) in [6, 6.07) is -0.759. The maximum Gasteiger partial charge on any atom is 0.395 e. The van der Waals surface area contributed by atoms with Gasteiger partial charge in [-0.25, -0.2) is 14.5 Å². The molecule has 12 heavy (non-hydrogen) atoms. The number of amides is 2. The smallest absolute Gasteiger partial charge is 0.374 e. The van der Waals surface area contributed by atoms with Crippen LogP contribution in [0.3, 0.4) is 0 Å². The molecule has 0 aliphatic rings. The summed E-state index contributed by atoms with van der Waals surface area (Å²) >= 11 is 0. The first-order valence-electron chi connectivity index (χ1n) is 3.06. The number of urea groups is 1. The minimum absolute atomic E-state index is 0.555. The van der Waals surface area contributed by atoms with Gasteiger partial charge >= 0.3 is 6.03 Å². The van der Waals surface area contributed by atoms with Gasteiger partial charge in [-0.15, -0.1) is 0 Å². The molecule has 7 heteroatoms. The van der Waals surface area contributed by atoms with E-state index in [-0.39, 0.29) is 0 Å². The molecule has 2 amide bonds. The molecule has 0 aliphatic carbocycles. The highest BCUT2D eigenvalue weighted by Gasteiger charge is 2.20. The minimum atomic E-state index is -0.759. The van der Waals surface area contributed by atoms with Crippen molar-refractivity contribution in [3.05, 3.63) is 0 Å². The zero-order chi connectivity index (χ0) is 9.56. The predicted molar refractivity (Wildman–Crippen MR) is 37.2 cm³/mol. The molecule has 72 valence electrons. The Hall–Kier alpha value is -0.890. The fourth-order valence-corrected chi connectivity index (χ4v) is 0.518. The van der Waals surface area contributed by atoms with Crippen LogP contribution in [0.25, 0.3) is 0 Å². The van der Waals surface area contributed by atoms with Crippen molar-refractivity contribution in [2.45, 2.75) is 0 Å². The lowest BCUT2D eigenvalue weighted by molar-refractivity contribution is -0.317. The number of carbonyl (C=O) groups is 1. The summed E-state index contributed by atoms with van der Waals surface area (Å²) in [7, 11) is 3.72. The van der Waals surface area contributed by atoms with Crippen LogP contribution in [0.2, 0.25) is 0 Å². The lowest BCUT2D eigenvalue weighted by Gasteiger charge is -2.22. The predicted octanol–water partition coefficient (Wildman–Crippen LogP) is -0.656. The number of aliphatic hydroxyl groups is 1. The van der Waals surface area contributed by atoms with Gasteiger partial charge < -0.3 is 5.11 Å². The summed E-state index contributed by atoms with van der Waals surface area (Å²) in [4.78, 5) is 24.5. The molecule has 0 aliphatic heterocycles. The van der Waals surface area contributed by atoms with E-state index in [9.17, 15) is 4.79 Å². The van der Waals surface area contributed by atoms with Crippen molar-refractivity contribution >= 4 is 6.03 Å². The molecule has 1 N–H and O–H groups in total. The molecule has 0 aromatic carbocycles. The Morgan fingerprint density at radius 1 is 1.25 bits per heavy atom. The second kappa shape index (κ2) is 5.72. The van der Waals surface area contributed by atoms with E-state index in [2.05, 4.69) is 14.5 Å². The fraction of sp³-hybridized carbons (Fsp3) is 0.800. The van der Waals surface area contributed by atoms with Crippen LogP contribution in [0.4, 0.5) is 4.79 Å². The molecule has 0 fully saturated rings. The first kappa shape index (κ1) is 11.1. The third kappa shape index (κ3) is 2.62. The molecule has 0 aromatic heterocycles. The molecule has 0 rings (SSSR count). The van der Waals surface area contributed by atoms with Crippen LogP contribution in [-0.4, -0.2) is 49.5 Å². The van der Waals surface area contributed by atoms with E-state index < -0.39 is 12.8 Å². The molecule has 0 radical (unpaired) electrons. The quantitative estimate of drug-likeness (QED) is 0.459. The van der Waals surface area contributed by atoms with Gasteiger partial charge in [-0.2, -0.15) is 5.06 Å². The number of rotatable bonds is 4. The van der Waals surface area contributed by atoms with E-state index >= 15 is 0 Å². The molecule has 0 saturated carbocycles. The van der Waals surface area contributed by atoms with E-state index in [1.807, 2.05) is 0 Å². The maximum atomic E-state index is 11.1. The third-order valence-electron chi connectivity index (χ3n) is 1.05. The van der Waals surface area contributed by atoms with Gasteiger partial charge in [0.1, 0.15) is 6.73 Å². The fourth-order valence-electron chi connectivity index (χ4n) is 0.518. The number of hydroxylamine groups is 4. The van der Waals surface area contributed by atoms with Gasteiger partial charge in [0.2, 0.25) is 0 Å². The average Bonchev–Trinajstić information content (AvgIpc) is 2.09. The molecule has 0 heterocycles. The summed E-state index contributed by atoms with van der Waals surface area (Å²) in [6.45, 7) is -0.585. The van der Waals surface area contributed by atoms with Gasteiger partial charge in [0.25, 0.3) is 0 Å². The molecule has 0 spiro atoms. The van der Waals surface area contributed by atoms with Crippen LogP contribution in [0.15, 0.2) is 0 Å². The molecule has 7 nitrogen and oxygen atoms in total. The molecule has 0 atom stereocenters.